The number of ketones is 1. The van der Waals surface area contributed by atoms with E-state index >= 15 is 0 Å². The number of benzene rings is 1. The van der Waals surface area contributed by atoms with E-state index in [4.69, 9.17) is 11.6 Å². The Bertz CT molecular complexity index is 924. The summed E-state index contributed by atoms with van der Waals surface area (Å²) in [5.74, 6) is -1.74. The van der Waals surface area contributed by atoms with Crippen molar-refractivity contribution in [3.05, 3.63) is 64.8 Å². The van der Waals surface area contributed by atoms with Gasteiger partial charge < -0.3 is 4.52 Å². The average molecular weight is 382 g/mol. The molecule has 0 bridgehead atoms. The predicted octanol–water partition coefficient (Wildman–Crippen LogP) is 4.62. The largest absolute Gasteiger partial charge is 0.471 e. The number of nitrogens with zero attached hydrogens (tertiary/aromatic N) is 3. The fourth-order valence-corrected chi connectivity index (χ4v) is 2.47. The summed E-state index contributed by atoms with van der Waals surface area (Å²) in [6.45, 7) is 0. The minimum Gasteiger partial charge on any atom is -0.329 e. The number of aromatic nitrogens is 3. The van der Waals surface area contributed by atoms with Crippen molar-refractivity contribution in [1.29, 1.82) is 0 Å². The number of aryl methyl sites for hydroxylation is 1. The molecule has 3 rings (SSSR count). The molecule has 134 valence electrons. The third-order valence-corrected chi connectivity index (χ3v) is 3.86. The highest BCUT2D eigenvalue weighted by molar-refractivity contribution is 6.33. The number of halogens is 4. The summed E-state index contributed by atoms with van der Waals surface area (Å²) in [7, 11) is 0. The average Bonchev–Trinajstić information content (AvgIpc) is 3.11. The molecule has 0 aliphatic heterocycles. The van der Waals surface area contributed by atoms with Crippen LogP contribution in [0.5, 0.6) is 0 Å². The zero-order valence-electron chi connectivity index (χ0n) is 13.1. The van der Waals surface area contributed by atoms with Gasteiger partial charge in [-0.1, -0.05) is 28.9 Å². The van der Waals surface area contributed by atoms with Gasteiger partial charge in [0.25, 0.3) is 0 Å². The molecule has 0 atom stereocenters. The Balaban J connectivity index is 1.66. The minimum absolute atomic E-state index is 0.116. The zero-order chi connectivity index (χ0) is 18.7. The molecule has 0 aliphatic carbocycles. The van der Waals surface area contributed by atoms with Crippen molar-refractivity contribution >= 4 is 17.4 Å². The van der Waals surface area contributed by atoms with Gasteiger partial charge in [0.2, 0.25) is 5.82 Å². The summed E-state index contributed by atoms with van der Waals surface area (Å²) in [6, 6.07) is 9.87. The van der Waals surface area contributed by atoms with Crippen LogP contribution in [-0.2, 0) is 12.6 Å². The van der Waals surface area contributed by atoms with E-state index in [0.29, 0.717) is 22.7 Å². The van der Waals surface area contributed by atoms with Gasteiger partial charge >= 0.3 is 12.1 Å². The summed E-state index contributed by atoms with van der Waals surface area (Å²) in [5.41, 5.74) is 1.33. The lowest BCUT2D eigenvalue weighted by molar-refractivity contribution is -0.159. The second-order valence-electron chi connectivity index (χ2n) is 5.36. The van der Waals surface area contributed by atoms with Gasteiger partial charge in [-0.3, -0.25) is 9.78 Å². The van der Waals surface area contributed by atoms with Crippen LogP contribution in [0, 0.1) is 0 Å². The van der Waals surface area contributed by atoms with E-state index in [1.165, 1.54) is 12.3 Å². The van der Waals surface area contributed by atoms with Crippen LogP contribution >= 0.6 is 11.6 Å². The lowest BCUT2D eigenvalue weighted by Gasteiger charge is -2.04. The first-order valence-corrected chi connectivity index (χ1v) is 7.86. The van der Waals surface area contributed by atoms with E-state index < -0.39 is 12.1 Å². The van der Waals surface area contributed by atoms with Gasteiger partial charge in [0.15, 0.2) is 5.78 Å². The highest BCUT2D eigenvalue weighted by Crippen LogP contribution is 2.29. The van der Waals surface area contributed by atoms with Gasteiger partial charge in [-0.2, -0.15) is 18.2 Å². The SMILES string of the molecule is O=C(CCc1ccc(-c2noc(C(F)(F)F)n2)cn1)c1ccccc1Cl. The van der Waals surface area contributed by atoms with Gasteiger partial charge in [-0.25, -0.2) is 0 Å². The van der Waals surface area contributed by atoms with Crippen LogP contribution in [0.2, 0.25) is 5.02 Å². The number of pyridine rings is 1. The molecule has 5 nitrogen and oxygen atoms in total. The van der Waals surface area contributed by atoms with Gasteiger partial charge in [0, 0.05) is 29.4 Å². The van der Waals surface area contributed by atoms with Crippen LogP contribution in [0.3, 0.4) is 0 Å². The Hall–Kier alpha value is -2.74. The first-order valence-electron chi connectivity index (χ1n) is 7.48. The molecule has 0 aliphatic rings. The van der Waals surface area contributed by atoms with E-state index in [1.807, 2.05) is 0 Å². The molecule has 0 fully saturated rings. The van der Waals surface area contributed by atoms with Crippen molar-refractivity contribution < 1.29 is 22.5 Å². The number of carbonyl (C=O) groups excluding carboxylic acids is 1. The van der Waals surface area contributed by atoms with E-state index in [2.05, 4.69) is 19.6 Å². The Kier molecular flexibility index (Phi) is 5.03. The topological polar surface area (TPSA) is 68.9 Å². The summed E-state index contributed by atoms with van der Waals surface area (Å²) in [4.78, 5) is 19.6. The van der Waals surface area contributed by atoms with Crippen LogP contribution in [0.4, 0.5) is 13.2 Å². The number of carbonyl (C=O) groups is 1. The van der Waals surface area contributed by atoms with Crippen LogP contribution in [-0.4, -0.2) is 20.9 Å². The van der Waals surface area contributed by atoms with Crippen molar-refractivity contribution in [3.8, 4) is 11.4 Å². The van der Waals surface area contributed by atoms with Crippen molar-refractivity contribution in [2.75, 3.05) is 0 Å². The second kappa shape index (κ2) is 7.25. The standard InChI is InChI=1S/C17H11ClF3N3O2/c18-13-4-2-1-3-12(13)14(25)8-7-11-6-5-10(9-22-11)15-23-16(26-24-15)17(19,20)21/h1-6,9H,7-8H2. The molecule has 0 N–H and O–H groups in total. The highest BCUT2D eigenvalue weighted by Gasteiger charge is 2.38. The molecule has 0 saturated heterocycles. The van der Waals surface area contributed by atoms with Gasteiger partial charge in [-0.15, -0.1) is 0 Å². The van der Waals surface area contributed by atoms with E-state index in [-0.39, 0.29) is 23.6 Å². The molecule has 0 unspecified atom stereocenters. The monoisotopic (exact) mass is 381 g/mol. The number of rotatable bonds is 5. The molecule has 1 aromatic carbocycles. The van der Waals surface area contributed by atoms with Crippen molar-refractivity contribution in [2.45, 2.75) is 19.0 Å². The zero-order valence-corrected chi connectivity index (χ0v) is 13.9. The molecule has 26 heavy (non-hydrogen) atoms. The summed E-state index contributed by atoms with van der Waals surface area (Å²) >= 11 is 5.98. The quantitative estimate of drug-likeness (QED) is 0.603. The van der Waals surface area contributed by atoms with Crippen LogP contribution in [0.15, 0.2) is 47.1 Å². The number of alkyl halides is 3. The first kappa shape index (κ1) is 18.1. The lowest BCUT2D eigenvalue weighted by Crippen LogP contribution is -2.05. The minimum atomic E-state index is -4.70. The van der Waals surface area contributed by atoms with E-state index in [0.717, 1.165) is 0 Å². The molecule has 2 heterocycles. The summed E-state index contributed by atoms with van der Waals surface area (Å²) < 4.78 is 41.6. The predicted molar refractivity (Wildman–Crippen MR) is 86.6 cm³/mol. The third-order valence-electron chi connectivity index (χ3n) is 3.53. The fourth-order valence-electron chi connectivity index (χ4n) is 2.22. The number of Topliss-reactive ketones (excluding diaryl/α,β-unsaturated/α-hetero) is 1. The van der Waals surface area contributed by atoms with Crippen LogP contribution in [0.25, 0.3) is 11.4 Å². The Morgan fingerprint density at radius 2 is 1.92 bits per heavy atom. The summed E-state index contributed by atoms with van der Waals surface area (Å²) in [5, 5.41) is 3.68. The van der Waals surface area contributed by atoms with Gasteiger partial charge in [0.1, 0.15) is 0 Å². The van der Waals surface area contributed by atoms with Gasteiger partial charge in [-0.05, 0) is 30.7 Å². The smallest absolute Gasteiger partial charge is 0.329 e. The second-order valence-corrected chi connectivity index (χ2v) is 5.77. The fraction of sp³-hybridized carbons (Fsp3) is 0.176. The molecule has 3 aromatic rings. The molecular weight excluding hydrogens is 371 g/mol. The Morgan fingerprint density at radius 3 is 2.54 bits per heavy atom. The third kappa shape index (κ3) is 4.08. The molecule has 2 aromatic heterocycles. The molecule has 0 radical (unpaired) electrons. The Labute approximate surface area is 150 Å². The molecule has 9 heteroatoms. The number of hydrogen-bond acceptors (Lipinski definition) is 5. The Morgan fingerprint density at radius 1 is 1.15 bits per heavy atom. The first-order chi connectivity index (χ1) is 12.3. The summed E-state index contributed by atoms with van der Waals surface area (Å²) in [6.07, 6.45) is -2.79. The lowest BCUT2D eigenvalue weighted by atomic mass is 10.0. The van der Waals surface area contributed by atoms with Crippen LogP contribution in [0.1, 0.15) is 28.4 Å². The van der Waals surface area contributed by atoms with Crippen molar-refractivity contribution in [1.82, 2.24) is 15.1 Å². The van der Waals surface area contributed by atoms with Crippen molar-refractivity contribution in [3.63, 3.8) is 0 Å². The molecular formula is C17H11ClF3N3O2. The van der Waals surface area contributed by atoms with E-state index in [1.54, 1.807) is 30.3 Å². The molecule has 0 spiro atoms. The highest BCUT2D eigenvalue weighted by atomic mass is 35.5. The maximum Gasteiger partial charge on any atom is 0.471 e. The number of hydrogen-bond donors (Lipinski definition) is 0. The van der Waals surface area contributed by atoms with E-state index in [9.17, 15) is 18.0 Å². The van der Waals surface area contributed by atoms with Crippen LogP contribution < -0.4 is 0 Å². The molecule has 0 amide bonds. The van der Waals surface area contributed by atoms with Gasteiger partial charge in [0.05, 0.1) is 5.02 Å². The maximum absolute atomic E-state index is 12.5. The molecule has 0 saturated carbocycles. The van der Waals surface area contributed by atoms with Crippen molar-refractivity contribution in [2.24, 2.45) is 0 Å². The normalized spacial score (nSPS) is 11.5. The maximum atomic E-state index is 12.5.